The van der Waals surface area contributed by atoms with E-state index < -0.39 is 0 Å². The van der Waals surface area contributed by atoms with Crippen molar-refractivity contribution in [3.63, 3.8) is 0 Å². The highest BCUT2D eigenvalue weighted by atomic mass is 79.9. The summed E-state index contributed by atoms with van der Waals surface area (Å²) in [5.74, 6) is 0. The summed E-state index contributed by atoms with van der Waals surface area (Å²) < 4.78 is 9.56. The number of furan rings is 1. The maximum absolute atomic E-state index is 6.12. The Bertz CT molecular complexity index is 2150. The van der Waals surface area contributed by atoms with Crippen LogP contribution in [0.1, 0.15) is 0 Å². The Morgan fingerprint density at radius 3 is 2.24 bits per heavy atom. The Morgan fingerprint density at radius 2 is 1.32 bits per heavy atom. The normalized spacial score (nSPS) is 11.9. The molecular weight excluding hydrogens is 518 g/mol. The summed E-state index contributed by atoms with van der Waals surface area (Å²) in [6.07, 6.45) is 0. The quantitative estimate of drug-likeness (QED) is 0.214. The van der Waals surface area contributed by atoms with Gasteiger partial charge in [0, 0.05) is 31.7 Å². The van der Waals surface area contributed by atoms with Gasteiger partial charge in [-0.1, -0.05) is 88.7 Å². The number of hydrogen-bond donors (Lipinski definition) is 0. The number of halogens is 1. The van der Waals surface area contributed by atoms with Crippen molar-refractivity contribution >= 4 is 70.4 Å². The van der Waals surface area contributed by atoms with Crippen LogP contribution in [0.25, 0.3) is 71.3 Å². The molecule has 0 spiro atoms. The Hall–Kier alpha value is -4.34. The van der Waals surface area contributed by atoms with Crippen molar-refractivity contribution in [1.82, 2.24) is 4.57 Å². The number of benzene rings is 6. The lowest BCUT2D eigenvalue weighted by Gasteiger charge is -2.09. The molecule has 174 valence electrons. The van der Waals surface area contributed by atoms with Crippen molar-refractivity contribution < 1.29 is 4.42 Å². The van der Waals surface area contributed by atoms with Crippen molar-refractivity contribution in [3.05, 3.63) is 126 Å². The summed E-state index contributed by atoms with van der Waals surface area (Å²) in [6.45, 7) is 0. The molecule has 0 unspecified atom stereocenters. The van der Waals surface area contributed by atoms with Gasteiger partial charge in [0.05, 0.1) is 11.0 Å². The van der Waals surface area contributed by atoms with Gasteiger partial charge < -0.3 is 8.98 Å². The molecule has 3 heteroatoms. The zero-order valence-electron chi connectivity index (χ0n) is 19.8. The van der Waals surface area contributed by atoms with Gasteiger partial charge in [-0.3, -0.25) is 0 Å². The minimum Gasteiger partial charge on any atom is -0.456 e. The maximum atomic E-state index is 6.12. The molecule has 0 N–H and O–H groups in total. The number of rotatable bonds is 2. The van der Waals surface area contributed by atoms with Crippen molar-refractivity contribution in [1.29, 1.82) is 0 Å². The third-order valence-electron chi connectivity index (χ3n) is 7.45. The molecule has 8 rings (SSSR count). The van der Waals surface area contributed by atoms with E-state index in [1.54, 1.807) is 0 Å². The Kier molecular flexibility index (Phi) is 4.40. The van der Waals surface area contributed by atoms with E-state index in [0.717, 1.165) is 32.1 Å². The maximum Gasteiger partial charge on any atom is 0.136 e. The van der Waals surface area contributed by atoms with Gasteiger partial charge in [-0.15, -0.1) is 0 Å². The molecule has 0 aliphatic rings. The topological polar surface area (TPSA) is 18.1 Å². The predicted octanol–water partition coefficient (Wildman–Crippen LogP) is 10.3. The highest BCUT2D eigenvalue weighted by Crippen LogP contribution is 2.40. The van der Waals surface area contributed by atoms with E-state index in [0.29, 0.717) is 0 Å². The van der Waals surface area contributed by atoms with E-state index in [2.05, 4.69) is 130 Å². The third kappa shape index (κ3) is 3.04. The Morgan fingerprint density at radius 1 is 0.514 bits per heavy atom. The van der Waals surface area contributed by atoms with Crippen LogP contribution in [0.4, 0.5) is 0 Å². The summed E-state index contributed by atoms with van der Waals surface area (Å²) in [4.78, 5) is 0. The minimum absolute atomic E-state index is 0.896. The van der Waals surface area contributed by atoms with E-state index >= 15 is 0 Å². The molecule has 0 aliphatic carbocycles. The molecule has 0 aliphatic heterocycles. The number of fused-ring (bicyclic) bond motifs is 8. The first kappa shape index (κ1) is 20.8. The van der Waals surface area contributed by atoms with Crippen LogP contribution in [0.2, 0.25) is 0 Å². The second-order valence-corrected chi connectivity index (χ2v) is 10.4. The number of aromatic nitrogens is 1. The lowest BCUT2D eigenvalue weighted by atomic mass is 10.00. The van der Waals surface area contributed by atoms with Gasteiger partial charge in [-0.05, 0) is 70.4 Å². The molecule has 2 nitrogen and oxygen atoms in total. The second kappa shape index (κ2) is 7.83. The molecule has 0 saturated carbocycles. The van der Waals surface area contributed by atoms with Crippen molar-refractivity contribution in [2.45, 2.75) is 0 Å². The lowest BCUT2D eigenvalue weighted by Crippen LogP contribution is -1.93. The molecular formula is C34H20BrNO. The molecule has 0 bridgehead atoms. The zero-order valence-corrected chi connectivity index (χ0v) is 21.4. The summed E-state index contributed by atoms with van der Waals surface area (Å²) in [5, 5.41) is 7.33. The van der Waals surface area contributed by atoms with Crippen LogP contribution in [-0.4, -0.2) is 4.57 Å². The van der Waals surface area contributed by atoms with Crippen molar-refractivity contribution in [2.24, 2.45) is 0 Å². The second-order valence-electron chi connectivity index (χ2n) is 9.51. The van der Waals surface area contributed by atoms with E-state index in [1.807, 2.05) is 12.1 Å². The van der Waals surface area contributed by atoms with Crippen LogP contribution in [0.3, 0.4) is 0 Å². The zero-order chi connectivity index (χ0) is 24.5. The van der Waals surface area contributed by atoms with Crippen LogP contribution >= 0.6 is 15.9 Å². The van der Waals surface area contributed by atoms with Crippen LogP contribution in [0.5, 0.6) is 0 Å². The van der Waals surface area contributed by atoms with Crippen LogP contribution < -0.4 is 0 Å². The average molecular weight is 538 g/mol. The van der Waals surface area contributed by atoms with Gasteiger partial charge in [0.15, 0.2) is 0 Å². The van der Waals surface area contributed by atoms with Gasteiger partial charge in [-0.2, -0.15) is 0 Å². The van der Waals surface area contributed by atoms with E-state index in [1.165, 1.54) is 43.7 Å². The number of para-hydroxylation sites is 1. The fourth-order valence-electron chi connectivity index (χ4n) is 5.79. The van der Waals surface area contributed by atoms with Crippen molar-refractivity contribution in [2.75, 3.05) is 0 Å². The van der Waals surface area contributed by atoms with Gasteiger partial charge >= 0.3 is 0 Å². The minimum atomic E-state index is 0.896. The summed E-state index contributed by atoms with van der Waals surface area (Å²) in [6, 6.07) is 43.2. The first-order valence-corrected chi connectivity index (χ1v) is 13.2. The molecule has 0 saturated heterocycles. The smallest absolute Gasteiger partial charge is 0.136 e. The molecule has 0 amide bonds. The molecule has 2 heterocycles. The molecule has 0 radical (unpaired) electrons. The van der Waals surface area contributed by atoms with Crippen molar-refractivity contribution in [3.8, 4) is 16.8 Å². The molecule has 6 aromatic carbocycles. The van der Waals surface area contributed by atoms with Gasteiger partial charge in [0.2, 0.25) is 0 Å². The van der Waals surface area contributed by atoms with Crippen LogP contribution in [0.15, 0.2) is 130 Å². The number of hydrogen-bond acceptors (Lipinski definition) is 1. The fourth-order valence-corrected chi connectivity index (χ4v) is 6.35. The average Bonchev–Trinajstić information content (AvgIpc) is 3.49. The first-order valence-electron chi connectivity index (χ1n) is 12.4. The highest BCUT2D eigenvalue weighted by Gasteiger charge is 2.16. The predicted molar refractivity (Wildman–Crippen MR) is 159 cm³/mol. The first-order chi connectivity index (χ1) is 18.3. The molecule has 0 atom stereocenters. The Labute approximate surface area is 221 Å². The monoisotopic (exact) mass is 537 g/mol. The lowest BCUT2D eigenvalue weighted by molar-refractivity contribution is 0.669. The van der Waals surface area contributed by atoms with E-state index in [4.69, 9.17) is 4.42 Å². The summed E-state index contributed by atoms with van der Waals surface area (Å²) >= 11 is 3.72. The fraction of sp³-hybridized carbons (Fsp3) is 0. The van der Waals surface area contributed by atoms with Gasteiger partial charge in [0.1, 0.15) is 11.2 Å². The summed E-state index contributed by atoms with van der Waals surface area (Å²) in [7, 11) is 0. The largest absolute Gasteiger partial charge is 0.456 e. The highest BCUT2D eigenvalue weighted by molar-refractivity contribution is 9.10. The van der Waals surface area contributed by atoms with E-state index in [-0.39, 0.29) is 0 Å². The molecule has 2 aromatic heterocycles. The molecule has 8 aromatic rings. The summed E-state index contributed by atoms with van der Waals surface area (Å²) in [5.41, 5.74) is 7.73. The van der Waals surface area contributed by atoms with Crippen LogP contribution in [0, 0.1) is 0 Å². The standard InChI is InChI=1S/C34H20BrNO/c35-28-11-6-12-32-34(28)27-19-22(15-18-31(27)37-32)23-13-16-26-30(20-23)36(24-8-2-1-3-9-24)29-17-14-21-7-4-5-10-25(21)33(26)29/h1-20H. The Balaban J connectivity index is 1.45. The molecule has 0 fully saturated rings. The molecule has 37 heavy (non-hydrogen) atoms. The van der Waals surface area contributed by atoms with Gasteiger partial charge in [0.25, 0.3) is 0 Å². The van der Waals surface area contributed by atoms with Gasteiger partial charge in [-0.25, -0.2) is 0 Å². The SMILES string of the molecule is Brc1cccc2oc3ccc(-c4ccc5c6c7ccccc7ccc6n(-c6ccccc6)c5c4)cc3c12. The third-order valence-corrected chi connectivity index (χ3v) is 8.11. The van der Waals surface area contributed by atoms with Crippen LogP contribution in [-0.2, 0) is 0 Å². The number of nitrogens with zero attached hydrogens (tertiary/aromatic N) is 1. The van der Waals surface area contributed by atoms with E-state index in [9.17, 15) is 0 Å².